The molecule has 42 heavy (non-hydrogen) atoms. The summed E-state index contributed by atoms with van der Waals surface area (Å²) in [5.74, 6) is -4.86. The van der Waals surface area contributed by atoms with Crippen LogP contribution >= 0.6 is 11.6 Å². The largest absolute Gasteiger partial charge is 0.496 e. The molecule has 1 aliphatic heterocycles. The van der Waals surface area contributed by atoms with Crippen LogP contribution in [0.2, 0.25) is 5.02 Å². The Morgan fingerprint density at radius 1 is 1.02 bits per heavy atom. The smallest absolute Gasteiger partial charge is 0.270 e. The van der Waals surface area contributed by atoms with Crippen molar-refractivity contribution in [2.45, 2.75) is 26.2 Å². The van der Waals surface area contributed by atoms with Gasteiger partial charge in [0, 0.05) is 40.7 Å². The standard InChI is InChI=1S/C33H28ClF2N3O3/c1-20-29(31(40)37-26-11-7-10-24(18-26)33(2,35)36)32(41)39(38-20)27-17-23(16-21-12-14-25(34)15-13-21)30(42-3)28(19-27)22-8-5-4-6-9-22/h4-15,17-19,29H,16H2,1-3H3,(H,37,40). The van der Waals surface area contributed by atoms with E-state index in [-0.39, 0.29) is 17.0 Å². The normalized spacial score (nSPS) is 15.0. The van der Waals surface area contributed by atoms with Crippen LogP contribution < -0.4 is 15.1 Å². The average molecular weight is 588 g/mol. The van der Waals surface area contributed by atoms with Crippen LogP contribution in [-0.2, 0) is 21.9 Å². The number of carbonyl (C=O) groups excluding carboxylic acids is 2. The first-order chi connectivity index (χ1) is 20.0. The van der Waals surface area contributed by atoms with Gasteiger partial charge in [-0.15, -0.1) is 0 Å². The number of nitrogens with zero attached hydrogens (tertiary/aromatic N) is 2. The highest BCUT2D eigenvalue weighted by atomic mass is 35.5. The Balaban J connectivity index is 1.50. The van der Waals surface area contributed by atoms with Gasteiger partial charge in [-0.1, -0.05) is 66.2 Å². The number of methoxy groups -OCH3 is 1. The van der Waals surface area contributed by atoms with Gasteiger partial charge in [0.1, 0.15) is 5.75 Å². The van der Waals surface area contributed by atoms with E-state index >= 15 is 0 Å². The Morgan fingerprint density at radius 2 is 1.74 bits per heavy atom. The number of carbonyl (C=O) groups is 2. The van der Waals surface area contributed by atoms with Gasteiger partial charge in [-0.25, -0.2) is 8.78 Å². The fourth-order valence-electron chi connectivity index (χ4n) is 4.96. The van der Waals surface area contributed by atoms with Crippen LogP contribution in [0, 0.1) is 5.92 Å². The molecule has 1 atom stereocenters. The summed E-state index contributed by atoms with van der Waals surface area (Å²) < 4.78 is 33.5. The minimum absolute atomic E-state index is 0.166. The second kappa shape index (κ2) is 11.7. The number of hydrazone groups is 1. The molecule has 0 spiro atoms. The van der Waals surface area contributed by atoms with Crippen molar-refractivity contribution in [1.82, 2.24) is 0 Å². The Kier molecular flexibility index (Phi) is 8.09. The number of rotatable bonds is 8. The van der Waals surface area contributed by atoms with Crippen LogP contribution in [0.4, 0.5) is 20.2 Å². The first-order valence-electron chi connectivity index (χ1n) is 13.2. The highest BCUT2D eigenvalue weighted by molar-refractivity contribution is 6.30. The molecule has 1 N–H and O–H groups in total. The molecule has 6 nitrogen and oxygen atoms in total. The van der Waals surface area contributed by atoms with E-state index in [4.69, 9.17) is 16.3 Å². The Morgan fingerprint density at radius 3 is 2.40 bits per heavy atom. The third-order valence-corrected chi connectivity index (χ3v) is 7.27. The monoisotopic (exact) mass is 587 g/mol. The van der Waals surface area contributed by atoms with Crippen molar-refractivity contribution in [3.05, 3.63) is 113 Å². The average Bonchev–Trinajstić information content (AvgIpc) is 3.27. The van der Waals surface area contributed by atoms with Crippen molar-refractivity contribution < 1.29 is 23.1 Å². The molecule has 2 amide bonds. The molecule has 0 radical (unpaired) electrons. The molecule has 1 unspecified atom stereocenters. The molecule has 1 heterocycles. The summed E-state index contributed by atoms with van der Waals surface area (Å²) >= 11 is 6.09. The molecule has 0 aliphatic carbocycles. The van der Waals surface area contributed by atoms with Gasteiger partial charge in [0.05, 0.1) is 18.5 Å². The number of ether oxygens (including phenoxy) is 1. The summed E-state index contributed by atoms with van der Waals surface area (Å²) in [4.78, 5) is 26.9. The van der Waals surface area contributed by atoms with Gasteiger partial charge in [0.2, 0.25) is 5.91 Å². The molecule has 0 bridgehead atoms. The number of alkyl halides is 2. The van der Waals surface area contributed by atoms with Crippen LogP contribution in [0.25, 0.3) is 11.1 Å². The predicted octanol–water partition coefficient (Wildman–Crippen LogP) is 7.70. The molecule has 214 valence electrons. The Bertz CT molecular complexity index is 1670. The van der Waals surface area contributed by atoms with Gasteiger partial charge in [-0.3, -0.25) is 9.59 Å². The molecule has 5 rings (SSSR count). The SMILES string of the molecule is COc1c(Cc2ccc(Cl)cc2)cc(N2N=C(C)C(C(=O)Nc3cccc(C(C)(F)F)c3)C2=O)cc1-c1ccccc1. The van der Waals surface area contributed by atoms with E-state index in [1.54, 1.807) is 20.1 Å². The van der Waals surface area contributed by atoms with E-state index in [9.17, 15) is 18.4 Å². The second-order valence-electron chi connectivity index (χ2n) is 10.1. The zero-order valence-electron chi connectivity index (χ0n) is 23.2. The van der Waals surface area contributed by atoms with E-state index in [1.807, 2.05) is 60.7 Å². The molecule has 1 aliphatic rings. The summed E-state index contributed by atoms with van der Waals surface area (Å²) in [5, 5.41) is 8.89. The lowest BCUT2D eigenvalue weighted by Gasteiger charge is -2.20. The van der Waals surface area contributed by atoms with Gasteiger partial charge in [-0.05, 0) is 54.4 Å². The van der Waals surface area contributed by atoms with Crippen molar-refractivity contribution in [2.75, 3.05) is 17.4 Å². The summed E-state index contributed by atoms with van der Waals surface area (Å²) in [6.45, 7) is 2.37. The van der Waals surface area contributed by atoms with Crippen LogP contribution in [0.5, 0.6) is 5.75 Å². The third kappa shape index (κ3) is 6.04. The molecule has 0 aromatic heterocycles. The minimum atomic E-state index is -3.08. The summed E-state index contributed by atoms with van der Waals surface area (Å²) in [5.41, 5.74) is 4.09. The predicted molar refractivity (Wildman–Crippen MR) is 161 cm³/mol. The number of halogens is 3. The summed E-state index contributed by atoms with van der Waals surface area (Å²) in [6, 6.07) is 26.1. The number of benzene rings is 4. The minimum Gasteiger partial charge on any atom is -0.496 e. The maximum Gasteiger partial charge on any atom is 0.270 e. The summed E-state index contributed by atoms with van der Waals surface area (Å²) in [7, 11) is 1.60. The quantitative estimate of drug-likeness (QED) is 0.215. The molecule has 0 saturated carbocycles. The van der Waals surface area contributed by atoms with E-state index in [0.717, 1.165) is 29.2 Å². The van der Waals surface area contributed by atoms with Crippen molar-refractivity contribution in [2.24, 2.45) is 11.0 Å². The van der Waals surface area contributed by atoms with Gasteiger partial charge in [0.25, 0.3) is 11.8 Å². The molecule has 4 aromatic rings. The molecule has 0 fully saturated rings. The zero-order chi connectivity index (χ0) is 30.0. The lowest BCUT2D eigenvalue weighted by Crippen LogP contribution is -2.36. The Hall–Kier alpha value is -4.56. The number of hydrogen-bond acceptors (Lipinski definition) is 4. The van der Waals surface area contributed by atoms with Crippen molar-refractivity contribution in [3.63, 3.8) is 0 Å². The summed E-state index contributed by atoms with van der Waals surface area (Å²) in [6.07, 6.45) is 0.487. The highest BCUT2D eigenvalue weighted by Gasteiger charge is 2.40. The number of anilines is 2. The van der Waals surface area contributed by atoms with Gasteiger partial charge in [0.15, 0.2) is 5.92 Å². The third-order valence-electron chi connectivity index (χ3n) is 7.02. The fraction of sp³-hybridized carbons (Fsp3) is 0.182. The number of amides is 2. The van der Waals surface area contributed by atoms with Crippen LogP contribution in [0.1, 0.15) is 30.5 Å². The molecular formula is C33H28ClF2N3O3. The maximum absolute atomic E-state index is 13.8. The van der Waals surface area contributed by atoms with Crippen molar-refractivity contribution >= 4 is 40.5 Å². The van der Waals surface area contributed by atoms with Gasteiger partial charge < -0.3 is 10.1 Å². The van der Waals surface area contributed by atoms with E-state index in [0.29, 0.717) is 22.9 Å². The van der Waals surface area contributed by atoms with Crippen LogP contribution in [0.3, 0.4) is 0 Å². The van der Waals surface area contributed by atoms with E-state index in [1.165, 1.54) is 29.3 Å². The lowest BCUT2D eigenvalue weighted by molar-refractivity contribution is -0.127. The number of nitrogens with one attached hydrogen (secondary N) is 1. The first-order valence-corrected chi connectivity index (χ1v) is 13.6. The Labute approximate surface area is 247 Å². The van der Waals surface area contributed by atoms with Crippen molar-refractivity contribution in [1.29, 1.82) is 0 Å². The van der Waals surface area contributed by atoms with Gasteiger partial charge in [-0.2, -0.15) is 10.1 Å². The second-order valence-corrected chi connectivity index (χ2v) is 10.6. The molecular weight excluding hydrogens is 560 g/mol. The van der Waals surface area contributed by atoms with E-state index in [2.05, 4.69) is 10.4 Å². The van der Waals surface area contributed by atoms with Crippen LogP contribution in [0.15, 0.2) is 96.1 Å². The highest BCUT2D eigenvalue weighted by Crippen LogP contribution is 2.40. The topological polar surface area (TPSA) is 71.0 Å². The van der Waals surface area contributed by atoms with Crippen LogP contribution in [-0.4, -0.2) is 24.6 Å². The molecule has 0 saturated heterocycles. The number of hydrogen-bond donors (Lipinski definition) is 1. The first kappa shape index (κ1) is 29.0. The maximum atomic E-state index is 13.8. The molecule has 4 aromatic carbocycles. The van der Waals surface area contributed by atoms with E-state index < -0.39 is 23.7 Å². The fourth-order valence-corrected chi connectivity index (χ4v) is 5.08. The molecule has 9 heteroatoms. The van der Waals surface area contributed by atoms with Gasteiger partial charge >= 0.3 is 0 Å². The lowest BCUT2D eigenvalue weighted by atomic mass is 9.96. The zero-order valence-corrected chi connectivity index (χ0v) is 24.0. The van der Waals surface area contributed by atoms with Crippen molar-refractivity contribution in [3.8, 4) is 16.9 Å².